The fourth-order valence-electron chi connectivity index (χ4n) is 1.50. The highest BCUT2D eigenvalue weighted by atomic mass is 16.5. The number of carbonyl (C=O) groups excluding carboxylic acids is 3. The quantitative estimate of drug-likeness (QED) is 0.542. The fourth-order valence-corrected chi connectivity index (χ4v) is 1.50. The van der Waals surface area contributed by atoms with Crippen molar-refractivity contribution in [2.45, 2.75) is 25.2 Å². The van der Waals surface area contributed by atoms with Gasteiger partial charge in [0.1, 0.15) is 24.9 Å². The first-order chi connectivity index (χ1) is 7.72. The molecule has 6 nitrogen and oxygen atoms in total. The molecule has 16 heavy (non-hydrogen) atoms. The SMILES string of the molecule is CNC(=O)N(/C=C\C=O)C1CCC(C=O)O1. The Bertz CT molecular complexity index is 303. The van der Waals surface area contributed by atoms with Crippen molar-refractivity contribution in [2.24, 2.45) is 0 Å². The second kappa shape index (κ2) is 6.02. The van der Waals surface area contributed by atoms with Crippen molar-refractivity contribution >= 4 is 18.6 Å². The van der Waals surface area contributed by atoms with Crippen LogP contribution in [0.3, 0.4) is 0 Å². The van der Waals surface area contributed by atoms with Crippen LogP contribution >= 0.6 is 0 Å². The lowest BCUT2D eigenvalue weighted by molar-refractivity contribution is -0.120. The summed E-state index contributed by atoms with van der Waals surface area (Å²) in [5, 5.41) is 2.44. The van der Waals surface area contributed by atoms with Gasteiger partial charge in [-0.2, -0.15) is 0 Å². The molecule has 0 bridgehead atoms. The lowest BCUT2D eigenvalue weighted by Crippen LogP contribution is -2.41. The average molecular weight is 226 g/mol. The number of ether oxygens (including phenoxy) is 1. The molecule has 88 valence electrons. The average Bonchev–Trinajstić information content (AvgIpc) is 2.77. The molecule has 1 rings (SSSR count). The maximum Gasteiger partial charge on any atom is 0.323 e. The van der Waals surface area contributed by atoms with Crippen molar-refractivity contribution < 1.29 is 19.1 Å². The van der Waals surface area contributed by atoms with E-state index in [4.69, 9.17) is 4.74 Å². The van der Waals surface area contributed by atoms with Crippen LogP contribution in [-0.2, 0) is 14.3 Å². The van der Waals surface area contributed by atoms with E-state index < -0.39 is 12.3 Å². The molecule has 2 atom stereocenters. The van der Waals surface area contributed by atoms with Gasteiger partial charge in [-0.25, -0.2) is 4.79 Å². The summed E-state index contributed by atoms with van der Waals surface area (Å²) in [6.07, 6.45) is 4.01. The molecule has 2 unspecified atom stereocenters. The van der Waals surface area contributed by atoms with E-state index in [0.717, 1.165) is 0 Å². The lowest BCUT2D eigenvalue weighted by atomic mass is 10.2. The summed E-state index contributed by atoms with van der Waals surface area (Å²) in [6, 6.07) is -0.380. The van der Waals surface area contributed by atoms with Crippen molar-refractivity contribution in [1.82, 2.24) is 10.2 Å². The van der Waals surface area contributed by atoms with Crippen LogP contribution in [0.1, 0.15) is 12.8 Å². The molecule has 0 aromatic carbocycles. The van der Waals surface area contributed by atoms with Gasteiger partial charge in [-0.3, -0.25) is 9.69 Å². The number of hydrogen-bond acceptors (Lipinski definition) is 4. The Hall–Kier alpha value is -1.69. The van der Waals surface area contributed by atoms with Crippen molar-refractivity contribution in [3.8, 4) is 0 Å². The molecule has 1 heterocycles. The topological polar surface area (TPSA) is 75.7 Å². The molecule has 1 N–H and O–H groups in total. The minimum atomic E-state index is -0.494. The summed E-state index contributed by atoms with van der Waals surface area (Å²) in [4.78, 5) is 33.5. The minimum Gasteiger partial charge on any atom is -0.347 e. The number of aldehydes is 2. The summed E-state index contributed by atoms with van der Waals surface area (Å²) < 4.78 is 5.32. The van der Waals surface area contributed by atoms with Gasteiger partial charge < -0.3 is 14.8 Å². The van der Waals surface area contributed by atoms with E-state index in [1.54, 1.807) is 0 Å². The second-order valence-electron chi connectivity index (χ2n) is 3.28. The molecular formula is C10H14N2O4. The van der Waals surface area contributed by atoms with Gasteiger partial charge in [0.15, 0.2) is 0 Å². The number of nitrogens with zero attached hydrogens (tertiary/aromatic N) is 1. The highest BCUT2D eigenvalue weighted by Gasteiger charge is 2.31. The number of allylic oxidation sites excluding steroid dienone is 1. The molecule has 0 aromatic rings. The summed E-state index contributed by atoms with van der Waals surface area (Å²) in [5.74, 6) is 0. The van der Waals surface area contributed by atoms with Crippen LogP contribution in [0.5, 0.6) is 0 Å². The molecule has 0 radical (unpaired) electrons. The number of hydrogen-bond donors (Lipinski definition) is 1. The number of nitrogens with one attached hydrogen (secondary N) is 1. The van der Waals surface area contributed by atoms with Crippen LogP contribution in [0.4, 0.5) is 4.79 Å². The first-order valence-electron chi connectivity index (χ1n) is 4.95. The highest BCUT2D eigenvalue weighted by Crippen LogP contribution is 2.21. The predicted molar refractivity (Wildman–Crippen MR) is 55.5 cm³/mol. The van der Waals surface area contributed by atoms with Crippen molar-refractivity contribution in [1.29, 1.82) is 0 Å². The van der Waals surface area contributed by atoms with Crippen LogP contribution in [0.2, 0.25) is 0 Å². The zero-order chi connectivity index (χ0) is 12.0. The monoisotopic (exact) mass is 226 g/mol. The van der Waals surface area contributed by atoms with Crippen molar-refractivity contribution in [2.75, 3.05) is 7.05 Å². The van der Waals surface area contributed by atoms with Crippen LogP contribution in [-0.4, -0.2) is 42.9 Å². The number of rotatable bonds is 4. The maximum absolute atomic E-state index is 11.5. The molecule has 1 aliphatic heterocycles. The van der Waals surface area contributed by atoms with Gasteiger partial charge in [0, 0.05) is 13.2 Å². The molecule has 2 amide bonds. The summed E-state index contributed by atoms with van der Waals surface area (Å²) >= 11 is 0. The van der Waals surface area contributed by atoms with E-state index in [0.29, 0.717) is 25.4 Å². The standard InChI is InChI=1S/C10H14N2O4/c1-11-10(15)12(5-2-6-13)9-4-3-8(7-14)16-9/h2,5-9H,3-4H2,1H3,(H,11,15)/b5-2-. The molecule has 0 saturated carbocycles. The smallest absolute Gasteiger partial charge is 0.323 e. The number of urea groups is 1. The third kappa shape index (κ3) is 2.90. The van der Waals surface area contributed by atoms with Gasteiger partial charge >= 0.3 is 6.03 Å². The Labute approximate surface area is 93.2 Å². The predicted octanol–water partition coefficient (Wildman–Crippen LogP) is 0.0444. The first-order valence-corrected chi connectivity index (χ1v) is 4.95. The van der Waals surface area contributed by atoms with Gasteiger partial charge in [-0.1, -0.05) is 0 Å². The minimum absolute atomic E-state index is 0.380. The molecule has 6 heteroatoms. The van der Waals surface area contributed by atoms with Gasteiger partial charge in [0.05, 0.1) is 0 Å². The molecule has 0 aromatic heterocycles. The zero-order valence-electron chi connectivity index (χ0n) is 8.96. The Kier molecular flexibility index (Phi) is 4.65. The van der Waals surface area contributed by atoms with Gasteiger partial charge in [0.2, 0.25) is 0 Å². The van der Waals surface area contributed by atoms with Crippen molar-refractivity contribution in [3.05, 3.63) is 12.3 Å². The Morgan fingerprint density at radius 3 is 2.69 bits per heavy atom. The van der Waals surface area contributed by atoms with Crippen LogP contribution in [0, 0.1) is 0 Å². The first kappa shape index (κ1) is 12.4. The van der Waals surface area contributed by atoms with E-state index in [2.05, 4.69) is 5.32 Å². The Morgan fingerprint density at radius 2 is 2.19 bits per heavy atom. The van der Waals surface area contributed by atoms with E-state index in [9.17, 15) is 14.4 Å². The highest BCUT2D eigenvalue weighted by molar-refractivity contribution is 5.76. The molecule has 1 aliphatic rings. The Morgan fingerprint density at radius 1 is 1.44 bits per heavy atom. The molecule has 0 spiro atoms. The van der Waals surface area contributed by atoms with Crippen LogP contribution < -0.4 is 5.32 Å². The third-order valence-corrected chi connectivity index (χ3v) is 2.27. The zero-order valence-corrected chi connectivity index (χ0v) is 8.96. The van der Waals surface area contributed by atoms with E-state index in [-0.39, 0.29) is 6.03 Å². The Balaban J connectivity index is 2.69. The normalized spacial score (nSPS) is 24.3. The maximum atomic E-state index is 11.5. The van der Waals surface area contributed by atoms with Gasteiger partial charge in [-0.05, 0) is 18.9 Å². The fraction of sp³-hybridized carbons (Fsp3) is 0.500. The second-order valence-corrected chi connectivity index (χ2v) is 3.28. The van der Waals surface area contributed by atoms with Crippen LogP contribution in [0.25, 0.3) is 0 Å². The summed E-state index contributed by atoms with van der Waals surface area (Å²) in [7, 11) is 1.48. The van der Waals surface area contributed by atoms with E-state index >= 15 is 0 Å². The molecule has 1 saturated heterocycles. The van der Waals surface area contributed by atoms with E-state index in [1.807, 2.05) is 0 Å². The van der Waals surface area contributed by atoms with Gasteiger partial charge in [0.25, 0.3) is 0 Å². The molecule has 0 aliphatic carbocycles. The largest absolute Gasteiger partial charge is 0.347 e. The number of amides is 2. The summed E-state index contributed by atoms with van der Waals surface area (Å²) in [5.41, 5.74) is 0. The summed E-state index contributed by atoms with van der Waals surface area (Å²) in [6.45, 7) is 0. The molecular weight excluding hydrogens is 212 g/mol. The van der Waals surface area contributed by atoms with E-state index in [1.165, 1.54) is 24.2 Å². The third-order valence-electron chi connectivity index (χ3n) is 2.27. The molecule has 1 fully saturated rings. The lowest BCUT2D eigenvalue weighted by Gasteiger charge is -2.24. The van der Waals surface area contributed by atoms with Crippen molar-refractivity contribution in [3.63, 3.8) is 0 Å². The van der Waals surface area contributed by atoms with Crippen LogP contribution in [0.15, 0.2) is 12.3 Å². The number of carbonyl (C=O) groups is 3. The van der Waals surface area contributed by atoms with Gasteiger partial charge in [-0.15, -0.1) is 0 Å².